The molecule has 0 heterocycles. The molecule has 2 saturated carbocycles. The fourth-order valence-electron chi connectivity index (χ4n) is 5.93. The second-order valence-electron chi connectivity index (χ2n) is 10.2. The van der Waals surface area contributed by atoms with Crippen LogP contribution >= 0.6 is 0 Å². The van der Waals surface area contributed by atoms with Crippen LogP contribution in [0.2, 0.25) is 0 Å². The molecular formula is C28H42O5. The molecule has 4 atom stereocenters. The van der Waals surface area contributed by atoms with Gasteiger partial charge in [-0.25, -0.2) is 4.79 Å². The maximum absolute atomic E-state index is 12.1. The lowest BCUT2D eigenvalue weighted by atomic mass is 9.64. The second-order valence-corrected chi connectivity index (χ2v) is 10.2. The molecule has 0 amide bonds. The molecule has 0 radical (unpaired) electrons. The van der Waals surface area contributed by atoms with E-state index < -0.39 is 17.9 Å². The minimum Gasteiger partial charge on any atom is -0.461 e. The molecule has 0 aliphatic heterocycles. The highest BCUT2D eigenvalue weighted by Crippen LogP contribution is 2.55. The van der Waals surface area contributed by atoms with Crippen LogP contribution in [0.5, 0.6) is 0 Å². The van der Waals surface area contributed by atoms with Gasteiger partial charge in [0.1, 0.15) is 12.7 Å². The zero-order valence-electron chi connectivity index (χ0n) is 20.9. The highest BCUT2D eigenvalue weighted by Gasteiger charge is 2.44. The maximum atomic E-state index is 12.1. The predicted octanol–water partition coefficient (Wildman–Crippen LogP) is 5.53. The van der Waals surface area contributed by atoms with E-state index in [1.165, 1.54) is 18.4 Å². The molecule has 0 saturated heterocycles. The Morgan fingerprint density at radius 3 is 2.70 bits per heavy atom. The first-order valence-corrected chi connectivity index (χ1v) is 12.7. The van der Waals surface area contributed by atoms with Gasteiger partial charge in [-0.2, -0.15) is 0 Å². The highest BCUT2D eigenvalue weighted by atomic mass is 16.6. The number of carbonyl (C=O) groups is 1. The zero-order valence-corrected chi connectivity index (χ0v) is 20.9. The normalized spacial score (nSPS) is 34.6. The Bertz CT molecular complexity index is 833. The number of ether oxygens (including phenoxy) is 2. The van der Waals surface area contributed by atoms with Gasteiger partial charge in [-0.1, -0.05) is 63.6 Å². The van der Waals surface area contributed by atoms with Crippen molar-refractivity contribution in [2.24, 2.45) is 11.3 Å². The molecule has 0 aromatic heterocycles. The molecule has 2 N–H and O–H groups in total. The van der Waals surface area contributed by atoms with Crippen LogP contribution in [0.3, 0.4) is 0 Å². The van der Waals surface area contributed by atoms with Gasteiger partial charge in [0.15, 0.2) is 5.79 Å². The molecule has 3 rings (SSSR count). The second kappa shape index (κ2) is 10.7. The smallest absolute Gasteiger partial charge is 0.332 e. The molecule has 5 nitrogen and oxygen atoms in total. The Morgan fingerprint density at radius 1 is 1.30 bits per heavy atom. The van der Waals surface area contributed by atoms with Gasteiger partial charge in [0.05, 0.1) is 6.10 Å². The SMILES string of the molecule is C=C1C(=CC=C2CCC[C@]3(C)C(CC)=CC[C@@H]23)C[C@](O)(OCC(=O)OC(CC)CC)C[C@@H]1O. The van der Waals surface area contributed by atoms with Gasteiger partial charge in [-0.05, 0) is 67.4 Å². The lowest BCUT2D eigenvalue weighted by Crippen LogP contribution is -2.43. The van der Waals surface area contributed by atoms with Crippen molar-refractivity contribution < 1.29 is 24.5 Å². The summed E-state index contributed by atoms with van der Waals surface area (Å²) >= 11 is 0. The first-order chi connectivity index (χ1) is 15.7. The van der Waals surface area contributed by atoms with Gasteiger partial charge in [0.25, 0.3) is 0 Å². The molecule has 0 aromatic rings. The standard InChI is InChI=1S/C28H42O5/c1-6-22-13-14-24-20(10-9-15-27(22,24)5)11-12-21-16-28(31,17-25(29)19(21)4)32-18-26(30)33-23(7-2)8-3/h11-13,23-25,29,31H,4,6-10,14-18H2,1-3,5H3/t24-,25-,27+,28-/m0/s1. The largest absolute Gasteiger partial charge is 0.461 e. The zero-order chi connectivity index (χ0) is 24.2. The summed E-state index contributed by atoms with van der Waals surface area (Å²) in [7, 11) is 0. The van der Waals surface area contributed by atoms with Crippen molar-refractivity contribution >= 4 is 5.97 Å². The van der Waals surface area contributed by atoms with Crippen molar-refractivity contribution in [2.45, 2.75) is 103 Å². The van der Waals surface area contributed by atoms with Gasteiger partial charge in [-0.15, -0.1) is 0 Å². The minimum absolute atomic E-state index is 0.0114. The Kier molecular flexibility index (Phi) is 8.41. The van der Waals surface area contributed by atoms with Crippen molar-refractivity contribution in [1.29, 1.82) is 0 Å². The number of aliphatic hydroxyl groups excluding tert-OH is 1. The molecule has 5 heteroatoms. The number of allylic oxidation sites excluding steroid dienone is 5. The van der Waals surface area contributed by atoms with Crippen LogP contribution in [0.1, 0.15) is 85.5 Å². The minimum atomic E-state index is -1.62. The summed E-state index contributed by atoms with van der Waals surface area (Å²) in [6.07, 6.45) is 12.9. The monoisotopic (exact) mass is 458 g/mol. The Morgan fingerprint density at radius 2 is 2.03 bits per heavy atom. The summed E-state index contributed by atoms with van der Waals surface area (Å²) in [6, 6.07) is 0. The molecule has 0 unspecified atom stereocenters. The van der Waals surface area contributed by atoms with Gasteiger partial charge in [0, 0.05) is 12.8 Å². The summed E-state index contributed by atoms with van der Waals surface area (Å²) in [4.78, 5) is 12.1. The molecule has 3 aliphatic carbocycles. The molecule has 3 aliphatic rings. The van der Waals surface area contributed by atoms with Crippen molar-refractivity contribution in [1.82, 2.24) is 0 Å². The quantitative estimate of drug-likeness (QED) is 0.284. The summed E-state index contributed by atoms with van der Waals surface area (Å²) in [6.45, 7) is 12.3. The number of fused-ring (bicyclic) bond motifs is 1. The third-order valence-electron chi connectivity index (χ3n) is 8.05. The lowest BCUT2D eigenvalue weighted by molar-refractivity contribution is -0.226. The molecule has 0 aromatic carbocycles. The molecule has 0 spiro atoms. The van der Waals surface area contributed by atoms with E-state index in [1.807, 2.05) is 19.9 Å². The summed E-state index contributed by atoms with van der Waals surface area (Å²) < 4.78 is 11.0. The fourth-order valence-corrected chi connectivity index (χ4v) is 5.93. The average Bonchev–Trinajstić information content (AvgIpc) is 3.14. The van der Waals surface area contributed by atoms with Crippen LogP contribution in [-0.4, -0.2) is 40.8 Å². The van der Waals surface area contributed by atoms with E-state index in [-0.39, 0.29) is 31.0 Å². The van der Waals surface area contributed by atoms with E-state index in [0.29, 0.717) is 11.5 Å². The third-order valence-corrected chi connectivity index (χ3v) is 8.05. The summed E-state index contributed by atoms with van der Waals surface area (Å²) in [5.41, 5.74) is 4.64. The van der Waals surface area contributed by atoms with Gasteiger partial charge < -0.3 is 19.7 Å². The number of rotatable bonds is 8. The summed E-state index contributed by atoms with van der Waals surface area (Å²) in [5, 5.41) is 21.6. The van der Waals surface area contributed by atoms with Crippen LogP contribution in [0.25, 0.3) is 0 Å². The van der Waals surface area contributed by atoms with E-state index in [2.05, 4.69) is 32.6 Å². The van der Waals surface area contributed by atoms with Crippen molar-refractivity contribution in [3.05, 3.63) is 47.1 Å². The van der Waals surface area contributed by atoms with E-state index in [0.717, 1.165) is 37.7 Å². The maximum Gasteiger partial charge on any atom is 0.332 e. The van der Waals surface area contributed by atoms with Crippen molar-refractivity contribution in [3.63, 3.8) is 0 Å². The number of esters is 1. The van der Waals surface area contributed by atoms with Crippen molar-refractivity contribution in [2.75, 3.05) is 6.61 Å². The number of hydrogen-bond donors (Lipinski definition) is 2. The van der Waals surface area contributed by atoms with Gasteiger partial charge in [0.2, 0.25) is 0 Å². The highest BCUT2D eigenvalue weighted by molar-refractivity contribution is 5.71. The predicted molar refractivity (Wildman–Crippen MR) is 130 cm³/mol. The van der Waals surface area contributed by atoms with E-state index in [1.54, 1.807) is 5.57 Å². The van der Waals surface area contributed by atoms with Gasteiger partial charge >= 0.3 is 5.97 Å². The molecular weight excluding hydrogens is 416 g/mol. The van der Waals surface area contributed by atoms with Crippen LogP contribution in [0, 0.1) is 11.3 Å². The molecule has 0 bridgehead atoms. The van der Waals surface area contributed by atoms with E-state index in [9.17, 15) is 15.0 Å². The van der Waals surface area contributed by atoms with Crippen LogP contribution in [0.15, 0.2) is 47.1 Å². The lowest BCUT2D eigenvalue weighted by Gasteiger charge is -2.41. The Balaban J connectivity index is 1.71. The fraction of sp³-hybridized carbons (Fsp3) is 0.679. The molecule has 33 heavy (non-hydrogen) atoms. The molecule has 184 valence electrons. The average molecular weight is 459 g/mol. The topological polar surface area (TPSA) is 76.0 Å². The Hall–Kier alpha value is -1.69. The number of carbonyl (C=O) groups excluding carboxylic acids is 1. The number of hydrogen-bond acceptors (Lipinski definition) is 5. The summed E-state index contributed by atoms with van der Waals surface area (Å²) in [5.74, 6) is -1.59. The Labute approximate surface area is 199 Å². The molecule has 2 fully saturated rings. The van der Waals surface area contributed by atoms with Crippen LogP contribution in [0.4, 0.5) is 0 Å². The van der Waals surface area contributed by atoms with Crippen LogP contribution in [-0.2, 0) is 14.3 Å². The van der Waals surface area contributed by atoms with Crippen molar-refractivity contribution in [3.8, 4) is 0 Å². The number of aliphatic hydroxyl groups is 2. The van der Waals surface area contributed by atoms with Crippen LogP contribution < -0.4 is 0 Å². The third kappa shape index (κ3) is 5.70. The van der Waals surface area contributed by atoms with Gasteiger partial charge in [-0.3, -0.25) is 0 Å². The first kappa shape index (κ1) is 25.9. The first-order valence-electron chi connectivity index (χ1n) is 12.7. The van der Waals surface area contributed by atoms with E-state index >= 15 is 0 Å². The van der Waals surface area contributed by atoms with E-state index in [4.69, 9.17) is 9.47 Å².